The van der Waals surface area contributed by atoms with Gasteiger partial charge in [0, 0.05) is 48.6 Å². The third-order valence-corrected chi connectivity index (χ3v) is 7.61. The molecule has 1 atom stereocenters. The van der Waals surface area contributed by atoms with Gasteiger partial charge in [-0.3, -0.25) is 9.69 Å². The number of hydrogen-bond donors (Lipinski definition) is 2. The molecule has 32 heavy (non-hydrogen) atoms. The number of sulfonamides is 1. The van der Waals surface area contributed by atoms with Gasteiger partial charge in [-0.25, -0.2) is 8.42 Å². The highest BCUT2D eigenvalue weighted by Crippen LogP contribution is 2.25. The summed E-state index contributed by atoms with van der Waals surface area (Å²) >= 11 is 0. The average molecular weight is 451 g/mol. The van der Waals surface area contributed by atoms with E-state index in [1.165, 1.54) is 6.26 Å². The summed E-state index contributed by atoms with van der Waals surface area (Å²) in [6, 6.07) is 17.9. The van der Waals surface area contributed by atoms with Crippen molar-refractivity contribution in [3.05, 3.63) is 70.5 Å². The molecule has 1 saturated heterocycles. The second-order valence-electron chi connectivity index (χ2n) is 8.66. The molecule has 7 nitrogen and oxygen atoms in total. The SMILES string of the molecule is C[C@@H]1CN(Cc2ccc3[nH]c(-c4cc5ccccc5[nH]c4=O)cc3c2)CCN1S(C)(=O)=O. The topological polar surface area (TPSA) is 89.3 Å². The van der Waals surface area contributed by atoms with Crippen LogP contribution in [0.3, 0.4) is 0 Å². The van der Waals surface area contributed by atoms with Crippen LogP contribution in [0.1, 0.15) is 12.5 Å². The number of rotatable bonds is 4. The Hall–Kier alpha value is -2.94. The van der Waals surface area contributed by atoms with E-state index in [0.717, 1.165) is 39.6 Å². The summed E-state index contributed by atoms with van der Waals surface area (Å²) in [7, 11) is -3.17. The van der Waals surface area contributed by atoms with Gasteiger partial charge in [-0.05, 0) is 48.2 Å². The van der Waals surface area contributed by atoms with E-state index in [4.69, 9.17) is 0 Å². The summed E-state index contributed by atoms with van der Waals surface area (Å²) in [5, 5.41) is 2.04. The van der Waals surface area contributed by atoms with Gasteiger partial charge in [-0.2, -0.15) is 4.31 Å². The number of H-pyrrole nitrogens is 2. The predicted molar refractivity (Wildman–Crippen MR) is 128 cm³/mol. The number of nitrogens with one attached hydrogen (secondary N) is 2. The van der Waals surface area contributed by atoms with Crippen molar-refractivity contribution in [2.75, 3.05) is 25.9 Å². The van der Waals surface area contributed by atoms with Gasteiger partial charge >= 0.3 is 0 Å². The highest BCUT2D eigenvalue weighted by atomic mass is 32.2. The van der Waals surface area contributed by atoms with E-state index in [-0.39, 0.29) is 11.6 Å². The number of para-hydroxylation sites is 1. The Morgan fingerprint density at radius 1 is 0.969 bits per heavy atom. The van der Waals surface area contributed by atoms with Crippen LogP contribution in [-0.2, 0) is 16.6 Å². The Balaban J connectivity index is 1.39. The van der Waals surface area contributed by atoms with Crippen LogP contribution in [0.25, 0.3) is 33.1 Å². The van der Waals surface area contributed by atoms with Gasteiger partial charge in [0.25, 0.3) is 5.56 Å². The quantitative estimate of drug-likeness (QED) is 0.500. The molecule has 0 radical (unpaired) electrons. The molecular formula is C24H26N4O3S. The fourth-order valence-electron chi connectivity index (χ4n) is 4.68. The van der Waals surface area contributed by atoms with Gasteiger partial charge in [0.2, 0.25) is 10.0 Å². The fourth-order valence-corrected chi connectivity index (χ4v) is 5.82. The molecular weight excluding hydrogens is 424 g/mol. The lowest BCUT2D eigenvalue weighted by Crippen LogP contribution is -2.53. The Labute approximate surface area is 186 Å². The second-order valence-corrected chi connectivity index (χ2v) is 10.6. The first-order valence-electron chi connectivity index (χ1n) is 10.7. The summed E-state index contributed by atoms with van der Waals surface area (Å²) in [4.78, 5) is 21.3. The molecule has 0 bridgehead atoms. The number of fused-ring (bicyclic) bond motifs is 2. The predicted octanol–water partition coefficient (Wildman–Crippen LogP) is 3.14. The zero-order chi connectivity index (χ0) is 22.5. The molecule has 0 unspecified atom stereocenters. The van der Waals surface area contributed by atoms with Gasteiger partial charge < -0.3 is 9.97 Å². The zero-order valence-corrected chi connectivity index (χ0v) is 18.9. The molecule has 2 aromatic heterocycles. The average Bonchev–Trinajstić information content (AvgIpc) is 3.15. The van der Waals surface area contributed by atoms with E-state index in [0.29, 0.717) is 25.2 Å². The molecule has 2 aromatic carbocycles. The minimum atomic E-state index is -3.17. The Morgan fingerprint density at radius 3 is 2.53 bits per heavy atom. The van der Waals surface area contributed by atoms with E-state index >= 15 is 0 Å². The number of piperazine rings is 1. The number of nitrogens with zero attached hydrogens (tertiary/aromatic N) is 2. The molecule has 2 N–H and O–H groups in total. The number of hydrogen-bond acceptors (Lipinski definition) is 4. The molecule has 3 heterocycles. The second kappa shape index (κ2) is 7.88. The van der Waals surface area contributed by atoms with Crippen molar-refractivity contribution in [3.63, 3.8) is 0 Å². The number of aromatic amines is 2. The highest BCUT2D eigenvalue weighted by molar-refractivity contribution is 7.88. The molecule has 4 aromatic rings. The van der Waals surface area contributed by atoms with Crippen molar-refractivity contribution < 1.29 is 8.42 Å². The first-order chi connectivity index (χ1) is 15.3. The van der Waals surface area contributed by atoms with Crippen molar-refractivity contribution in [1.29, 1.82) is 0 Å². The summed E-state index contributed by atoms with van der Waals surface area (Å²) < 4.78 is 25.4. The van der Waals surface area contributed by atoms with Crippen LogP contribution >= 0.6 is 0 Å². The van der Waals surface area contributed by atoms with Gasteiger partial charge in [-0.1, -0.05) is 24.3 Å². The lowest BCUT2D eigenvalue weighted by atomic mass is 10.1. The van der Waals surface area contributed by atoms with Crippen molar-refractivity contribution in [2.45, 2.75) is 19.5 Å². The summed E-state index contributed by atoms with van der Waals surface area (Å²) in [6.07, 6.45) is 1.27. The number of aromatic nitrogens is 2. The van der Waals surface area contributed by atoms with Crippen LogP contribution < -0.4 is 5.56 Å². The lowest BCUT2D eigenvalue weighted by molar-refractivity contribution is 0.138. The van der Waals surface area contributed by atoms with Crippen molar-refractivity contribution in [1.82, 2.24) is 19.2 Å². The normalized spacial score (nSPS) is 18.5. The van der Waals surface area contributed by atoms with Crippen LogP contribution in [0, 0.1) is 0 Å². The van der Waals surface area contributed by atoms with E-state index in [1.54, 1.807) is 4.31 Å². The molecule has 166 valence electrons. The van der Waals surface area contributed by atoms with Crippen LogP contribution in [0.2, 0.25) is 0 Å². The Morgan fingerprint density at radius 2 is 1.75 bits per heavy atom. The standard InChI is InChI=1S/C24H26N4O3S/c1-16-14-27(9-10-28(16)32(2,30)31)15-17-7-8-22-19(11-17)13-23(25-22)20-12-18-5-3-4-6-21(18)26-24(20)29/h3-8,11-13,16,25H,9-10,14-15H2,1-2H3,(H,26,29)/t16-/m1/s1. The summed E-state index contributed by atoms with van der Waals surface area (Å²) in [6.45, 7) is 4.64. The van der Waals surface area contributed by atoms with E-state index in [2.05, 4.69) is 27.0 Å². The molecule has 5 rings (SSSR count). The van der Waals surface area contributed by atoms with Crippen LogP contribution in [-0.4, -0.2) is 59.5 Å². The number of benzene rings is 2. The highest BCUT2D eigenvalue weighted by Gasteiger charge is 2.29. The summed E-state index contributed by atoms with van der Waals surface area (Å²) in [5.41, 5.74) is 4.26. The molecule has 0 saturated carbocycles. The summed E-state index contributed by atoms with van der Waals surface area (Å²) in [5.74, 6) is 0. The Kier molecular flexibility index (Phi) is 5.16. The largest absolute Gasteiger partial charge is 0.354 e. The van der Waals surface area contributed by atoms with Gasteiger partial charge in [0.05, 0.1) is 17.5 Å². The maximum Gasteiger partial charge on any atom is 0.257 e. The van der Waals surface area contributed by atoms with Crippen molar-refractivity contribution in [2.24, 2.45) is 0 Å². The molecule has 0 amide bonds. The van der Waals surface area contributed by atoms with Crippen molar-refractivity contribution in [3.8, 4) is 11.3 Å². The van der Waals surface area contributed by atoms with Crippen LogP contribution in [0.4, 0.5) is 0 Å². The minimum Gasteiger partial charge on any atom is -0.354 e. The van der Waals surface area contributed by atoms with Crippen molar-refractivity contribution >= 4 is 31.8 Å². The fraction of sp³-hybridized carbons (Fsp3) is 0.292. The number of pyridine rings is 1. The van der Waals surface area contributed by atoms with E-state index in [9.17, 15) is 13.2 Å². The molecule has 1 fully saturated rings. The molecule has 1 aliphatic heterocycles. The van der Waals surface area contributed by atoms with E-state index < -0.39 is 10.0 Å². The monoisotopic (exact) mass is 450 g/mol. The first kappa shape index (κ1) is 20.9. The first-order valence-corrected chi connectivity index (χ1v) is 12.6. The third-order valence-electron chi connectivity index (χ3n) is 6.21. The molecule has 0 spiro atoms. The zero-order valence-electron chi connectivity index (χ0n) is 18.1. The van der Waals surface area contributed by atoms with Gasteiger partial charge in [-0.15, -0.1) is 0 Å². The van der Waals surface area contributed by atoms with E-state index in [1.807, 2.05) is 49.4 Å². The van der Waals surface area contributed by atoms with Crippen LogP contribution in [0.5, 0.6) is 0 Å². The van der Waals surface area contributed by atoms with Gasteiger partial charge in [0.1, 0.15) is 0 Å². The minimum absolute atomic E-state index is 0.0408. The smallest absolute Gasteiger partial charge is 0.257 e. The van der Waals surface area contributed by atoms with Gasteiger partial charge in [0.15, 0.2) is 0 Å². The maximum atomic E-state index is 12.6. The maximum absolute atomic E-state index is 12.6. The lowest BCUT2D eigenvalue weighted by Gasteiger charge is -2.38. The van der Waals surface area contributed by atoms with Crippen LogP contribution in [0.15, 0.2) is 59.4 Å². The Bertz CT molecular complexity index is 1470. The molecule has 0 aliphatic carbocycles. The molecule has 1 aliphatic rings. The third kappa shape index (κ3) is 3.97. The molecule has 8 heteroatoms.